The Morgan fingerprint density at radius 2 is 1.54 bits per heavy atom. The van der Waals surface area contributed by atoms with Crippen molar-refractivity contribution in [1.82, 2.24) is 15.4 Å². The van der Waals surface area contributed by atoms with Crippen LogP contribution in [0.25, 0.3) is 22.4 Å². The molecule has 0 radical (unpaired) electrons. The van der Waals surface area contributed by atoms with Crippen molar-refractivity contribution < 1.29 is 33.4 Å². The number of carbonyl (C=O) groups excluding carboxylic acids is 1. The van der Waals surface area contributed by atoms with Gasteiger partial charge in [0, 0.05) is 5.56 Å². The molecule has 0 fully saturated rings. The lowest BCUT2D eigenvalue weighted by Gasteiger charge is -2.14. The molecule has 1 heterocycles. The molecule has 0 unspecified atom stereocenters. The van der Waals surface area contributed by atoms with E-state index in [0.717, 1.165) is 24.3 Å². The number of carboxylic acid groups (broad SMARTS) is 2. The number of amides is 1. The van der Waals surface area contributed by atoms with Gasteiger partial charge < -0.3 is 15.5 Å². The number of nitrogens with one attached hydrogen (secondary N) is 2. The zero-order chi connectivity index (χ0) is 25.3. The van der Waals surface area contributed by atoms with Crippen LogP contribution in [0.5, 0.6) is 0 Å². The summed E-state index contributed by atoms with van der Waals surface area (Å²) >= 11 is 6.18. The Labute approximate surface area is 200 Å². The van der Waals surface area contributed by atoms with Crippen LogP contribution in [0.15, 0.2) is 54.7 Å². The number of anilines is 1. The Bertz CT molecular complexity index is 1490. The predicted octanol–water partition coefficient (Wildman–Crippen LogP) is 4.72. The van der Waals surface area contributed by atoms with Gasteiger partial charge in [-0.05, 0) is 47.5 Å². The number of aromatic nitrogens is 3. The minimum Gasteiger partial charge on any atom is -0.478 e. The molecule has 0 atom stereocenters. The minimum absolute atomic E-state index is 0.0286. The summed E-state index contributed by atoms with van der Waals surface area (Å²) in [6.07, 6.45) is 1.33. The van der Waals surface area contributed by atoms with Crippen LogP contribution in [0.1, 0.15) is 31.1 Å². The van der Waals surface area contributed by atoms with Crippen LogP contribution in [-0.2, 0) is 0 Å². The van der Waals surface area contributed by atoms with Gasteiger partial charge in [0.15, 0.2) is 11.6 Å². The van der Waals surface area contributed by atoms with E-state index in [9.17, 15) is 33.4 Å². The largest absolute Gasteiger partial charge is 0.478 e. The van der Waals surface area contributed by atoms with Crippen molar-refractivity contribution in [2.24, 2.45) is 0 Å². The zero-order valence-corrected chi connectivity index (χ0v) is 18.1. The first kappa shape index (κ1) is 23.5. The molecule has 1 amide bonds. The summed E-state index contributed by atoms with van der Waals surface area (Å²) in [5.41, 5.74) is -0.310. The highest BCUT2D eigenvalue weighted by molar-refractivity contribution is 6.34. The smallest absolute Gasteiger partial charge is 0.337 e. The Morgan fingerprint density at radius 1 is 0.857 bits per heavy atom. The Hall–Kier alpha value is -4.64. The molecule has 0 bridgehead atoms. The number of carbonyl (C=O) groups is 3. The molecule has 3 aromatic carbocycles. The van der Waals surface area contributed by atoms with Crippen molar-refractivity contribution >= 4 is 35.1 Å². The number of hydrogen-bond donors (Lipinski definition) is 4. The van der Waals surface area contributed by atoms with Crippen LogP contribution in [0.2, 0.25) is 5.02 Å². The Kier molecular flexibility index (Phi) is 6.26. The van der Waals surface area contributed by atoms with Crippen LogP contribution in [0.4, 0.5) is 14.5 Å². The second kappa shape index (κ2) is 9.31. The summed E-state index contributed by atoms with van der Waals surface area (Å²) in [5.74, 6) is -5.97. The van der Waals surface area contributed by atoms with E-state index in [1.807, 2.05) is 0 Å². The maximum absolute atomic E-state index is 13.7. The van der Waals surface area contributed by atoms with Gasteiger partial charge in [-0.25, -0.2) is 18.4 Å². The molecule has 35 heavy (non-hydrogen) atoms. The van der Waals surface area contributed by atoms with Gasteiger partial charge in [0.1, 0.15) is 5.69 Å². The fraction of sp³-hybridized carbons (Fsp3) is 0. The Morgan fingerprint density at radius 3 is 2.17 bits per heavy atom. The zero-order valence-electron chi connectivity index (χ0n) is 17.3. The summed E-state index contributed by atoms with van der Waals surface area (Å²) in [4.78, 5) is 36.6. The van der Waals surface area contributed by atoms with E-state index in [4.69, 9.17) is 11.6 Å². The van der Waals surface area contributed by atoms with Crippen molar-refractivity contribution in [1.29, 1.82) is 0 Å². The molecular weight excluding hydrogens is 486 g/mol. The Balaban J connectivity index is 1.79. The maximum atomic E-state index is 13.7. The number of nitrogens with zero attached hydrogens (tertiary/aromatic N) is 2. The number of rotatable bonds is 6. The molecule has 12 heteroatoms. The molecular formula is C23H13ClF2N4O5. The second-order valence-corrected chi connectivity index (χ2v) is 7.59. The van der Waals surface area contributed by atoms with Crippen LogP contribution in [-0.4, -0.2) is 43.5 Å². The van der Waals surface area contributed by atoms with Gasteiger partial charge in [-0.3, -0.25) is 4.79 Å². The highest BCUT2D eigenvalue weighted by atomic mass is 35.5. The van der Waals surface area contributed by atoms with E-state index in [1.54, 1.807) is 0 Å². The summed E-state index contributed by atoms with van der Waals surface area (Å²) < 4.78 is 27.0. The van der Waals surface area contributed by atoms with Crippen LogP contribution in [0.3, 0.4) is 0 Å². The van der Waals surface area contributed by atoms with Crippen molar-refractivity contribution in [2.75, 3.05) is 5.32 Å². The number of H-pyrrole nitrogens is 1. The lowest BCUT2D eigenvalue weighted by Crippen LogP contribution is -2.18. The van der Waals surface area contributed by atoms with Gasteiger partial charge in [-0.1, -0.05) is 23.7 Å². The van der Waals surface area contributed by atoms with E-state index in [2.05, 4.69) is 20.7 Å². The maximum Gasteiger partial charge on any atom is 0.337 e. The molecule has 9 nitrogen and oxygen atoms in total. The van der Waals surface area contributed by atoms with Crippen molar-refractivity contribution in [3.63, 3.8) is 0 Å². The highest BCUT2D eigenvalue weighted by Gasteiger charge is 2.22. The molecule has 0 aliphatic heterocycles. The summed E-state index contributed by atoms with van der Waals surface area (Å²) in [6.45, 7) is 0. The fourth-order valence-corrected chi connectivity index (χ4v) is 3.61. The molecule has 4 aromatic rings. The molecule has 1 aromatic heterocycles. The molecule has 0 spiro atoms. The van der Waals surface area contributed by atoms with E-state index >= 15 is 0 Å². The molecule has 176 valence electrons. The monoisotopic (exact) mass is 498 g/mol. The van der Waals surface area contributed by atoms with E-state index < -0.39 is 35.0 Å². The van der Waals surface area contributed by atoms with Gasteiger partial charge in [0.05, 0.1) is 33.6 Å². The molecule has 0 aliphatic rings. The number of carboxylic acids is 2. The summed E-state index contributed by atoms with van der Waals surface area (Å²) in [7, 11) is 0. The average Bonchev–Trinajstić information content (AvgIpc) is 3.35. The fourth-order valence-electron chi connectivity index (χ4n) is 3.34. The first-order valence-corrected chi connectivity index (χ1v) is 10.1. The van der Waals surface area contributed by atoms with E-state index in [-0.39, 0.29) is 44.2 Å². The van der Waals surface area contributed by atoms with E-state index in [1.165, 1.54) is 30.5 Å². The van der Waals surface area contributed by atoms with Crippen LogP contribution in [0, 0.1) is 11.6 Å². The lowest BCUT2D eigenvalue weighted by molar-refractivity contribution is 0.0684. The molecule has 0 aliphatic carbocycles. The third kappa shape index (κ3) is 4.70. The number of halogens is 3. The van der Waals surface area contributed by atoms with Crippen molar-refractivity contribution in [2.45, 2.75) is 0 Å². The topological polar surface area (TPSA) is 145 Å². The average molecular weight is 499 g/mol. The number of hydrogen-bond acceptors (Lipinski definition) is 5. The minimum atomic E-state index is -1.43. The predicted molar refractivity (Wildman–Crippen MR) is 120 cm³/mol. The van der Waals surface area contributed by atoms with Gasteiger partial charge in [-0.2, -0.15) is 15.4 Å². The first-order chi connectivity index (χ1) is 16.7. The van der Waals surface area contributed by atoms with E-state index in [0.29, 0.717) is 0 Å². The number of aromatic carboxylic acids is 2. The molecule has 4 N–H and O–H groups in total. The molecule has 4 rings (SSSR count). The van der Waals surface area contributed by atoms with Gasteiger partial charge in [0.2, 0.25) is 0 Å². The van der Waals surface area contributed by atoms with Crippen LogP contribution >= 0.6 is 11.6 Å². The summed E-state index contributed by atoms with van der Waals surface area (Å²) in [6, 6.07) is 9.09. The number of aromatic amines is 1. The molecule has 0 saturated heterocycles. The third-order valence-electron chi connectivity index (χ3n) is 5.02. The lowest BCUT2D eigenvalue weighted by atomic mass is 9.98. The number of benzene rings is 3. The second-order valence-electron chi connectivity index (χ2n) is 7.19. The van der Waals surface area contributed by atoms with Crippen molar-refractivity contribution in [3.05, 3.63) is 88.1 Å². The SMILES string of the molecule is O=C(O)c1cc(Cl)c(-c2cn[nH]n2)cc1NC(=O)c1cc(-c2ccc(F)c(F)c2)ccc1C(=O)O. The third-order valence-corrected chi connectivity index (χ3v) is 5.34. The highest BCUT2D eigenvalue weighted by Crippen LogP contribution is 2.33. The van der Waals surface area contributed by atoms with Crippen molar-refractivity contribution in [3.8, 4) is 22.4 Å². The molecule has 0 saturated carbocycles. The van der Waals surface area contributed by atoms with Gasteiger partial charge >= 0.3 is 11.9 Å². The van der Waals surface area contributed by atoms with Crippen LogP contribution < -0.4 is 5.32 Å². The van der Waals surface area contributed by atoms with Gasteiger partial charge in [0.25, 0.3) is 5.91 Å². The normalized spacial score (nSPS) is 10.7. The first-order valence-electron chi connectivity index (χ1n) is 9.72. The quantitative estimate of drug-likeness (QED) is 0.301. The summed E-state index contributed by atoms with van der Waals surface area (Å²) in [5, 5.41) is 31.5. The standard InChI is InChI=1S/C23H13ClF2N4O5/c24-16-7-15(23(34)35)19(8-14(16)20-9-27-30-29-20)28-21(31)13-5-10(1-3-12(13)22(32)33)11-2-4-17(25)18(26)6-11/h1-9H,(H,28,31)(H,32,33)(H,34,35)(H,27,29,30). The van der Waals surface area contributed by atoms with Gasteiger partial charge in [-0.15, -0.1) is 0 Å².